The highest BCUT2D eigenvalue weighted by Gasteiger charge is 2.25. The van der Waals surface area contributed by atoms with Gasteiger partial charge in [-0.25, -0.2) is 9.78 Å². The molecule has 0 spiro atoms. The van der Waals surface area contributed by atoms with E-state index in [0.717, 1.165) is 5.56 Å². The summed E-state index contributed by atoms with van der Waals surface area (Å²) in [5.74, 6) is -0.671. The van der Waals surface area contributed by atoms with Crippen LogP contribution in [0.25, 0.3) is 0 Å². The van der Waals surface area contributed by atoms with Gasteiger partial charge < -0.3 is 9.30 Å². The van der Waals surface area contributed by atoms with Gasteiger partial charge >= 0.3 is 5.97 Å². The minimum Gasteiger partial charge on any atom is -0.465 e. The van der Waals surface area contributed by atoms with E-state index in [1.807, 2.05) is 0 Å². The van der Waals surface area contributed by atoms with E-state index in [2.05, 4.69) is 30.4 Å². The van der Waals surface area contributed by atoms with E-state index in [0.29, 0.717) is 4.47 Å². The Hall–Kier alpha value is -1.58. The van der Waals surface area contributed by atoms with Crippen molar-refractivity contribution in [2.45, 2.75) is 11.9 Å². The molecule has 1 aromatic heterocycles. The number of halogens is 2. The molecule has 0 aliphatic carbocycles. The van der Waals surface area contributed by atoms with Crippen molar-refractivity contribution in [3.63, 3.8) is 0 Å². The molecule has 23 heavy (non-hydrogen) atoms. The molecule has 124 valence electrons. The topological polar surface area (TPSA) is 90.3 Å². The van der Waals surface area contributed by atoms with E-state index in [1.165, 1.54) is 30.1 Å². The Morgan fingerprint density at radius 1 is 1.43 bits per heavy atom. The van der Waals surface area contributed by atoms with Crippen LogP contribution in [0.1, 0.15) is 15.9 Å². The molecule has 0 saturated heterocycles. The van der Waals surface area contributed by atoms with Crippen molar-refractivity contribution < 1.29 is 17.9 Å². The van der Waals surface area contributed by atoms with E-state index in [1.54, 1.807) is 14.0 Å². The third-order valence-electron chi connectivity index (χ3n) is 3.04. The van der Waals surface area contributed by atoms with Gasteiger partial charge in [0, 0.05) is 11.5 Å². The summed E-state index contributed by atoms with van der Waals surface area (Å²) in [7, 11) is -1.27. The van der Waals surface area contributed by atoms with Crippen molar-refractivity contribution in [3.05, 3.63) is 39.2 Å². The predicted molar refractivity (Wildman–Crippen MR) is 89.2 cm³/mol. The zero-order valence-electron chi connectivity index (χ0n) is 12.4. The highest BCUT2D eigenvalue weighted by atomic mass is 79.9. The van der Waals surface area contributed by atoms with Gasteiger partial charge in [0.2, 0.25) is 5.03 Å². The number of esters is 1. The standard InChI is InChI=1S/C13H13BrClN3O4S/c1-7-4-10(8(5-9(7)14)13(19)22-3)17-23(20,21)12-11(15)18(2)6-16-12/h4-6,17H,1-3H3. The van der Waals surface area contributed by atoms with Crippen molar-refractivity contribution >= 4 is 49.2 Å². The van der Waals surface area contributed by atoms with Gasteiger partial charge in [-0.05, 0) is 24.6 Å². The van der Waals surface area contributed by atoms with Crippen molar-refractivity contribution in [2.24, 2.45) is 7.05 Å². The number of ether oxygens (including phenoxy) is 1. The molecule has 0 radical (unpaired) electrons. The molecule has 1 N–H and O–H groups in total. The highest BCUT2D eigenvalue weighted by Crippen LogP contribution is 2.29. The van der Waals surface area contributed by atoms with E-state index < -0.39 is 16.0 Å². The van der Waals surface area contributed by atoms with Crippen molar-refractivity contribution in [1.82, 2.24) is 9.55 Å². The van der Waals surface area contributed by atoms with Gasteiger partial charge in [-0.15, -0.1) is 0 Å². The van der Waals surface area contributed by atoms with Crippen molar-refractivity contribution in [2.75, 3.05) is 11.8 Å². The fraction of sp³-hybridized carbons (Fsp3) is 0.231. The quantitative estimate of drug-likeness (QED) is 0.765. The Morgan fingerprint density at radius 3 is 2.61 bits per heavy atom. The Labute approximate surface area is 146 Å². The molecule has 1 heterocycles. The SMILES string of the molecule is COC(=O)c1cc(Br)c(C)cc1NS(=O)(=O)c1ncn(C)c1Cl. The van der Waals surface area contributed by atoms with Crippen molar-refractivity contribution in [1.29, 1.82) is 0 Å². The van der Waals surface area contributed by atoms with Gasteiger partial charge in [-0.1, -0.05) is 27.5 Å². The molecule has 7 nitrogen and oxygen atoms in total. The summed E-state index contributed by atoms with van der Waals surface area (Å²) in [4.78, 5) is 15.6. The molecule has 0 aliphatic rings. The number of carbonyl (C=O) groups excluding carboxylic acids is 1. The third kappa shape index (κ3) is 3.51. The zero-order chi connectivity index (χ0) is 17.4. The maximum atomic E-state index is 12.5. The van der Waals surface area contributed by atoms with Gasteiger partial charge in [0.1, 0.15) is 5.15 Å². The largest absolute Gasteiger partial charge is 0.465 e. The van der Waals surface area contributed by atoms with Crippen LogP contribution in [-0.2, 0) is 21.8 Å². The van der Waals surface area contributed by atoms with Crippen LogP contribution in [0.4, 0.5) is 5.69 Å². The van der Waals surface area contributed by atoms with Crippen LogP contribution >= 0.6 is 27.5 Å². The van der Waals surface area contributed by atoms with Crippen LogP contribution < -0.4 is 4.72 Å². The van der Waals surface area contributed by atoms with Gasteiger partial charge in [0.15, 0.2) is 0 Å². The van der Waals surface area contributed by atoms with E-state index in [-0.39, 0.29) is 21.4 Å². The normalized spacial score (nSPS) is 11.3. The minimum atomic E-state index is -4.05. The molecule has 0 atom stereocenters. The molecule has 0 aliphatic heterocycles. The lowest BCUT2D eigenvalue weighted by molar-refractivity contribution is 0.0602. The van der Waals surface area contributed by atoms with Crippen LogP contribution in [0.3, 0.4) is 0 Å². The number of anilines is 1. The highest BCUT2D eigenvalue weighted by molar-refractivity contribution is 9.10. The van der Waals surface area contributed by atoms with Crippen LogP contribution in [0.2, 0.25) is 5.15 Å². The molecular weight excluding hydrogens is 410 g/mol. The second kappa shape index (κ2) is 6.50. The lowest BCUT2D eigenvalue weighted by Crippen LogP contribution is -2.17. The summed E-state index contributed by atoms with van der Waals surface area (Å²) < 4.78 is 33.9. The number of benzene rings is 1. The summed E-state index contributed by atoms with van der Waals surface area (Å²) in [6.45, 7) is 1.76. The third-order valence-corrected chi connectivity index (χ3v) is 5.75. The molecule has 0 fully saturated rings. The Morgan fingerprint density at radius 2 is 2.09 bits per heavy atom. The number of aromatic nitrogens is 2. The van der Waals surface area contributed by atoms with Crippen LogP contribution in [0, 0.1) is 6.92 Å². The Bertz CT molecular complexity index is 880. The summed E-state index contributed by atoms with van der Waals surface area (Å²) in [6.07, 6.45) is 1.28. The molecule has 10 heteroatoms. The van der Waals surface area contributed by atoms with Gasteiger partial charge in [0.05, 0.1) is 24.7 Å². The molecule has 2 aromatic rings. The molecular formula is C13H13BrClN3O4S. The average Bonchev–Trinajstić information content (AvgIpc) is 2.82. The molecule has 2 rings (SSSR count). The number of hydrogen-bond donors (Lipinski definition) is 1. The van der Waals surface area contributed by atoms with Gasteiger partial charge in [-0.3, -0.25) is 4.72 Å². The lowest BCUT2D eigenvalue weighted by atomic mass is 10.1. The molecule has 0 bridgehead atoms. The number of methoxy groups -OCH3 is 1. The summed E-state index contributed by atoms with van der Waals surface area (Å²) >= 11 is 9.22. The van der Waals surface area contributed by atoms with E-state index in [4.69, 9.17) is 11.6 Å². The second-order valence-corrected chi connectivity index (χ2v) is 7.51. The monoisotopic (exact) mass is 421 g/mol. The first-order valence-electron chi connectivity index (χ1n) is 6.25. The number of sulfonamides is 1. The molecule has 0 unspecified atom stereocenters. The number of nitrogens with one attached hydrogen (secondary N) is 1. The van der Waals surface area contributed by atoms with Crippen LogP contribution in [0.15, 0.2) is 28.0 Å². The predicted octanol–water partition coefficient (Wildman–Crippen LogP) is 2.73. The summed E-state index contributed by atoms with van der Waals surface area (Å²) in [6, 6.07) is 3.00. The fourth-order valence-corrected chi connectivity index (χ4v) is 3.66. The second-order valence-electron chi connectivity index (χ2n) is 4.70. The van der Waals surface area contributed by atoms with E-state index in [9.17, 15) is 13.2 Å². The van der Waals surface area contributed by atoms with Crippen LogP contribution in [-0.4, -0.2) is 31.0 Å². The first-order valence-corrected chi connectivity index (χ1v) is 8.91. The Balaban J connectivity index is 2.53. The molecule has 0 amide bonds. The average molecular weight is 423 g/mol. The lowest BCUT2D eigenvalue weighted by Gasteiger charge is -2.12. The summed E-state index contributed by atoms with van der Waals surface area (Å²) in [5, 5.41) is -0.357. The number of nitrogens with zero attached hydrogens (tertiary/aromatic N) is 2. The molecule has 1 aromatic carbocycles. The van der Waals surface area contributed by atoms with Crippen molar-refractivity contribution in [3.8, 4) is 0 Å². The Kier molecular flexibility index (Phi) is 5.02. The number of rotatable bonds is 4. The summed E-state index contributed by atoms with van der Waals surface area (Å²) in [5.41, 5.74) is 0.891. The van der Waals surface area contributed by atoms with E-state index >= 15 is 0 Å². The van der Waals surface area contributed by atoms with Crippen LogP contribution in [0.5, 0.6) is 0 Å². The number of carbonyl (C=O) groups is 1. The van der Waals surface area contributed by atoms with Gasteiger partial charge in [0.25, 0.3) is 10.0 Å². The first-order chi connectivity index (χ1) is 10.7. The minimum absolute atomic E-state index is 0.0362. The number of hydrogen-bond acceptors (Lipinski definition) is 5. The molecule has 0 saturated carbocycles. The smallest absolute Gasteiger partial charge is 0.340 e. The zero-order valence-corrected chi connectivity index (χ0v) is 15.6. The van der Waals surface area contributed by atoms with Gasteiger partial charge in [-0.2, -0.15) is 8.42 Å². The fourth-order valence-electron chi connectivity index (χ4n) is 1.81. The maximum absolute atomic E-state index is 12.5. The number of aryl methyl sites for hydroxylation is 2. The maximum Gasteiger partial charge on any atom is 0.340 e. The number of imidazole rings is 1. The first kappa shape index (κ1) is 17.8.